The monoisotopic (exact) mass is 195 g/mol. The lowest BCUT2D eigenvalue weighted by atomic mass is 10.5. The summed E-state index contributed by atoms with van der Waals surface area (Å²) in [5, 5.41) is 0. The molecule has 5 nitrogen and oxygen atoms in total. The Morgan fingerprint density at radius 2 is 2.36 bits per heavy atom. The van der Waals surface area contributed by atoms with Crippen LogP contribution in [-0.2, 0) is 0 Å². The van der Waals surface area contributed by atoms with Crippen molar-refractivity contribution in [3.63, 3.8) is 0 Å². The van der Waals surface area contributed by atoms with E-state index in [1.807, 2.05) is 14.1 Å². The molecule has 0 aliphatic rings. The molecule has 0 amide bonds. The van der Waals surface area contributed by atoms with Crippen molar-refractivity contribution in [1.29, 1.82) is 0 Å². The number of aromatic nitrogens is 2. The van der Waals surface area contributed by atoms with Crippen LogP contribution in [0.3, 0.4) is 0 Å². The lowest BCUT2D eigenvalue weighted by Crippen LogP contribution is -2.07. The van der Waals surface area contributed by atoms with E-state index in [-0.39, 0.29) is 5.91 Å². The molecule has 0 aliphatic carbocycles. The van der Waals surface area contributed by atoms with Crippen molar-refractivity contribution in [2.24, 2.45) is 0 Å². The lowest BCUT2D eigenvalue weighted by molar-refractivity contribution is 0.0967. The third-order valence-corrected chi connectivity index (χ3v) is 1.54. The van der Waals surface area contributed by atoms with Crippen molar-refractivity contribution in [2.45, 2.75) is 0 Å². The Morgan fingerprint density at radius 1 is 1.64 bits per heavy atom. The quantitative estimate of drug-likeness (QED) is 0.663. The van der Waals surface area contributed by atoms with E-state index in [0.29, 0.717) is 5.88 Å². The molecule has 0 spiro atoms. The second kappa shape index (κ2) is 4.45. The highest BCUT2D eigenvalue weighted by Gasteiger charge is 2.02. The van der Waals surface area contributed by atoms with Gasteiger partial charge in [-0.25, -0.2) is 4.98 Å². The highest BCUT2D eigenvalue weighted by Crippen LogP contribution is 2.04. The minimum Gasteiger partial charge on any atom is -0.480 e. The molecule has 1 aromatic heterocycles. The van der Waals surface area contributed by atoms with Crippen LogP contribution in [0.5, 0.6) is 5.88 Å². The number of hydrogen-bond acceptors (Lipinski definition) is 4. The smallest absolute Gasteiger partial charge is 0.257 e. The van der Waals surface area contributed by atoms with Crippen molar-refractivity contribution < 1.29 is 9.53 Å². The number of imidazole rings is 1. The summed E-state index contributed by atoms with van der Waals surface area (Å²) in [7, 11) is 5.20. The van der Waals surface area contributed by atoms with Crippen LogP contribution in [0, 0.1) is 0 Å². The molecule has 0 atom stereocenters. The summed E-state index contributed by atoms with van der Waals surface area (Å²) in [6, 6.07) is 0. The Morgan fingerprint density at radius 3 is 2.86 bits per heavy atom. The molecule has 1 aromatic rings. The fourth-order valence-electron chi connectivity index (χ4n) is 0.830. The van der Waals surface area contributed by atoms with Crippen LogP contribution in [0.2, 0.25) is 0 Å². The molecule has 0 aromatic carbocycles. The largest absolute Gasteiger partial charge is 0.480 e. The molecule has 5 heteroatoms. The van der Waals surface area contributed by atoms with Crippen LogP contribution >= 0.6 is 0 Å². The number of rotatable bonds is 3. The highest BCUT2D eigenvalue weighted by atomic mass is 16.5. The minimum absolute atomic E-state index is 0.158. The summed E-state index contributed by atoms with van der Waals surface area (Å²) < 4.78 is 6.21. The van der Waals surface area contributed by atoms with Crippen molar-refractivity contribution in [1.82, 2.24) is 14.5 Å². The van der Waals surface area contributed by atoms with Crippen molar-refractivity contribution in [3.8, 4) is 5.88 Å². The summed E-state index contributed by atoms with van der Waals surface area (Å²) in [6.45, 7) is 0. The summed E-state index contributed by atoms with van der Waals surface area (Å²) >= 11 is 0. The van der Waals surface area contributed by atoms with E-state index in [1.165, 1.54) is 30.3 Å². The highest BCUT2D eigenvalue weighted by molar-refractivity contribution is 5.89. The van der Waals surface area contributed by atoms with E-state index < -0.39 is 0 Å². The number of ether oxygens (including phenoxy) is 1. The maximum atomic E-state index is 11.4. The third-order valence-electron chi connectivity index (χ3n) is 1.54. The zero-order valence-corrected chi connectivity index (χ0v) is 8.47. The van der Waals surface area contributed by atoms with E-state index in [1.54, 1.807) is 11.1 Å². The predicted octanol–water partition coefficient (Wildman–Crippen LogP) is 0.607. The Labute approximate surface area is 82.6 Å². The van der Waals surface area contributed by atoms with Gasteiger partial charge < -0.3 is 9.64 Å². The van der Waals surface area contributed by atoms with Gasteiger partial charge in [0.25, 0.3) is 5.91 Å². The molecular weight excluding hydrogens is 182 g/mol. The Balaban J connectivity index is 2.70. The van der Waals surface area contributed by atoms with Gasteiger partial charge >= 0.3 is 0 Å². The first kappa shape index (κ1) is 10.3. The zero-order valence-electron chi connectivity index (χ0n) is 8.47. The lowest BCUT2D eigenvalue weighted by Gasteiger charge is -2.02. The molecule has 1 rings (SSSR count). The average Bonchev–Trinajstić information content (AvgIpc) is 2.62. The van der Waals surface area contributed by atoms with Gasteiger partial charge in [0.05, 0.1) is 13.3 Å². The molecule has 0 saturated carbocycles. The standard InChI is InChI=1S/C9H13N3O2/c1-11(2)5-4-9(13)12-6-8(14-3)10-7-12/h4-7H,1-3H3. The maximum Gasteiger partial charge on any atom is 0.257 e. The first-order valence-corrected chi connectivity index (χ1v) is 4.10. The van der Waals surface area contributed by atoms with Crippen molar-refractivity contribution in [2.75, 3.05) is 21.2 Å². The van der Waals surface area contributed by atoms with Gasteiger partial charge in [0.1, 0.15) is 6.33 Å². The van der Waals surface area contributed by atoms with Gasteiger partial charge in [-0.15, -0.1) is 0 Å². The van der Waals surface area contributed by atoms with Gasteiger partial charge in [-0.2, -0.15) is 0 Å². The van der Waals surface area contributed by atoms with Gasteiger partial charge in [-0.05, 0) is 0 Å². The third kappa shape index (κ3) is 2.62. The summed E-state index contributed by atoms with van der Waals surface area (Å²) in [6.07, 6.45) is 6.08. The van der Waals surface area contributed by atoms with Gasteiger partial charge in [0, 0.05) is 26.4 Å². The Hall–Kier alpha value is -1.78. The van der Waals surface area contributed by atoms with E-state index in [4.69, 9.17) is 4.74 Å². The summed E-state index contributed by atoms with van der Waals surface area (Å²) in [4.78, 5) is 17.1. The molecule has 0 bridgehead atoms. The van der Waals surface area contributed by atoms with Crippen LogP contribution in [0.4, 0.5) is 0 Å². The summed E-state index contributed by atoms with van der Waals surface area (Å²) in [5.41, 5.74) is 0. The second-order valence-electron chi connectivity index (χ2n) is 2.94. The van der Waals surface area contributed by atoms with Crippen molar-refractivity contribution >= 4 is 5.91 Å². The van der Waals surface area contributed by atoms with E-state index in [0.717, 1.165) is 0 Å². The average molecular weight is 195 g/mol. The van der Waals surface area contributed by atoms with E-state index in [9.17, 15) is 4.79 Å². The fourth-order valence-corrected chi connectivity index (χ4v) is 0.830. The van der Waals surface area contributed by atoms with Crippen LogP contribution in [-0.4, -0.2) is 41.6 Å². The summed E-state index contributed by atoms with van der Waals surface area (Å²) in [5.74, 6) is 0.270. The predicted molar refractivity (Wildman–Crippen MR) is 52.2 cm³/mol. The number of carbonyl (C=O) groups is 1. The first-order valence-electron chi connectivity index (χ1n) is 4.10. The first-order chi connectivity index (χ1) is 6.63. The van der Waals surface area contributed by atoms with Gasteiger partial charge in [-0.1, -0.05) is 0 Å². The molecule has 14 heavy (non-hydrogen) atoms. The maximum absolute atomic E-state index is 11.4. The second-order valence-corrected chi connectivity index (χ2v) is 2.94. The van der Waals surface area contributed by atoms with Gasteiger partial charge in [0.15, 0.2) is 0 Å². The topological polar surface area (TPSA) is 47.4 Å². The minimum atomic E-state index is -0.158. The number of carbonyl (C=O) groups excluding carboxylic acids is 1. The number of hydrogen-bond donors (Lipinski definition) is 0. The fraction of sp³-hybridized carbons (Fsp3) is 0.333. The molecule has 0 fully saturated rings. The van der Waals surface area contributed by atoms with Crippen LogP contribution in [0.15, 0.2) is 24.8 Å². The number of nitrogens with zero attached hydrogens (tertiary/aromatic N) is 3. The van der Waals surface area contributed by atoms with Crippen LogP contribution in [0.1, 0.15) is 4.79 Å². The molecule has 0 saturated heterocycles. The normalized spacial score (nSPS) is 10.5. The van der Waals surface area contributed by atoms with Crippen LogP contribution in [0.25, 0.3) is 0 Å². The number of methoxy groups -OCH3 is 1. The number of allylic oxidation sites excluding steroid dienone is 1. The SMILES string of the molecule is COc1cn(C(=O)C=CN(C)C)cn1. The molecule has 0 N–H and O–H groups in total. The van der Waals surface area contributed by atoms with Gasteiger partial charge in [0.2, 0.25) is 5.88 Å². The zero-order chi connectivity index (χ0) is 10.6. The molecular formula is C9H13N3O2. The van der Waals surface area contributed by atoms with E-state index in [2.05, 4.69) is 4.98 Å². The van der Waals surface area contributed by atoms with Gasteiger partial charge in [-0.3, -0.25) is 9.36 Å². The van der Waals surface area contributed by atoms with Crippen molar-refractivity contribution in [3.05, 3.63) is 24.8 Å². The molecule has 0 radical (unpaired) electrons. The van der Waals surface area contributed by atoms with E-state index >= 15 is 0 Å². The molecule has 0 unspecified atom stereocenters. The Kier molecular flexibility index (Phi) is 3.28. The molecule has 0 aliphatic heterocycles. The van der Waals surface area contributed by atoms with Crippen LogP contribution < -0.4 is 4.74 Å². The molecule has 76 valence electrons. The molecule has 1 heterocycles. The Bertz CT molecular complexity index is 342.